The molecule has 0 aliphatic carbocycles. The summed E-state index contributed by atoms with van der Waals surface area (Å²) in [5.41, 5.74) is 0.530. The number of hydrogen-bond acceptors (Lipinski definition) is 6. The summed E-state index contributed by atoms with van der Waals surface area (Å²) in [5.74, 6) is 0.203. The molecule has 0 amide bonds. The number of esters is 1. The SMILES string of the molecule is CCOC(=O)[C@@H](C)Oc1c(-c2ccc(OC)cc2)oc2ccc(Cl)cc2c1=O. The lowest BCUT2D eigenvalue weighted by atomic mass is 10.1. The summed E-state index contributed by atoms with van der Waals surface area (Å²) in [6.45, 7) is 3.41. The smallest absolute Gasteiger partial charge is 0.347 e. The highest BCUT2D eigenvalue weighted by Crippen LogP contribution is 2.33. The van der Waals surface area contributed by atoms with Crippen molar-refractivity contribution >= 4 is 28.5 Å². The number of halogens is 1. The maximum absolute atomic E-state index is 13.1. The van der Waals surface area contributed by atoms with Gasteiger partial charge in [-0.15, -0.1) is 0 Å². The van der Waals surface area contributed by atoms with Gasteiger partial charge >= 0.3 is 5.97 Å². The van der Waals surface area contributed by atoms with Crippen LogP contribution in [0.15, 0.2) is 51.7 Å². The Morgan fingerprint density at radius 2 is 1.89 bits per heavy atom. The lowest BCUT2D eigenvalue weighted by Crippen LogP contribution is -2.28. The van der Waals surface area contributed by atoms with Crippen molar-refractivity contribution in [2.75, 3.05) is 13.7 Å². The summed E-state index contributed by atoms with van der Waals surface area (Å²) < 4.78 is 21.8. The van der Waals surface area contributed by atoms with Gasteiger partial charge in [-0.2, -0.15) is 0 Å². The molecule has 146 valence electrons. The summed E-state index contributed by atoms with van der Waals surface area (Å²) in [5, 5.41) is 0.650. The number of benzene rings is 2. The van der Waals surface area contributed by atoms with Gasteiger partial charge in [0.15, 0.2) is 11.9 Å². The summed E-state index contributed by atoms with van der Waals surface area (Å²) in [6.07, 6.45) is -0.989. The molecule has 0 spiro atoms. The Morgan fingerprint density at radius 1 is 1.18 bits per heavy atom. The van der Waals surface area contributed by atoms with E-state index in [0.717, 1.165) is 0 Å². The average Bonchev–Trinajstić information content (AvgIpc) is 2.70. The highest BCUT2D eigenvalue weighted by Gasteiger charge is 2.23. The molecule has 6 nitrogen and oxygen atoms in total. The largest absolute Gasteiger partial charge is 0.497 e. The molecule has 3 aromatic rings. The minimum atomic E-state index is -0.989. The summed E-state index contributed by atoms with van der Waals surface area (Å²) in [6, 6.07) is 11.7. The van der Waals surface area contributed by atoms with Crippen molar-refractivity contribution in [2.45, 2.75) is 20.0 Å². The highest BCUT2D eigenvalue weighted by molar-refractivity contribution is 6.31. The van der Waals surface area contributed by atoms with Gasteiger partial charge in [0.05, 0.1) is 19.1 Å². The van der Waals surface area contributed by atoms with Crippen LogP contribution >= 0.6 is 11.6 Å². The van der Waals surface area contributed by atoms with Gasteiger partial charge in [-0.25, -0.2) is 4.79 Å². The van der Waals surface area contributed by atoms with Gasteiger partial charge < -0.3 is 18.6 Å². The van der Waals surface area contributed by atoms with Crippen LogP contribution in [-0.2, 0) is 9.53 Å². The first-order chi connectivity index (χ1) is 13.4. The second-order valence-corrected chi connectivity index (χ2v) is 6.41. The van der Waals surface area contributed by atoms with Crippen LogP contribution in [0.2, 0.25) is 5.02 Å². The summed E-state index contributed by atoms with van der Waals surface area (Å²) >= 11 is 6.02. The molecule has 0 unspecified atom stereocenters. The fourth-order valence-electron chi connectivity index (χ4n) is 2.67. The molecular weight excluding hydrogens is 384 g/mol. The van der Waals surface area contributed by atoms with Crippen LogP contribution in [0.4, 0.5) is 0 Å². The van der Waals surface area contributed by atoms with Crippen molar-refractivity contribution < 1.29 is 23.4 Å². The monoisotopic (exact) mass is 402 g/mol. The number of rotatable bonds is 6. The van der Waals surface area contributed by atoms with Gasteiger partial charge in [0, 0.05) is 10.6 Å². The molecule has 0 saturated heterocycles. The first-order valence-electron chi connectivity index (χ1n) is 8.68. The quantitative estimate of drug-likeness (QED) is 0.567. The number of hydrogen-bond donors (Lipinski definition) is 0. The van der Waals surface area contributed by atoms with E-state index < -0.39 is 17.5 Å². The Morgan fingerprint density at radius 3 is 2.54 bits per heavy atom. The predicted molar refractivity (Wildman–Crippen MR) is 106 cm³/mol. The predicted octanol–water partition coefficient (Wildman–Crippen LogP) is 4.45. The molecule has 7 heteroatoms. The number of methoxy groups -OCH3 is 1. The summed E-state index contributed by atoms with van der Waals surface area (Å²) in [4.78, 5) is 25.1. The van der Waals surface area contributed by atoms with E-state index in [1.807, 2.05) is 0 Å². The number of ether oxygens (including phenoxy) is 3. The van der Waals surface area contributed by atoms with E-state index in [2.05, 4.69) is 0 Å². The fourth-order valence-corrected chi connectivity index (χ4v) is 2.85. The van der Waals surface area contributed by atoms with E-state index in [4.69, 9.17) is 30.2 Å². The van der Waals surface area contributed by atoms with E-state index in [1.54, 1.807) is 50.4 Å². The molecule has 1 atom stereocenters. The fraction of sp³-hybridized carbons (Fsp3) is 0.238. The Balaban J connectivity index is 2.17. The van der Waals surface area contributed by atoms with Gasteiger partial charge in [-0.3, -0.25) is 4.79 Å². The maximum Gasteiger partial charge on any atom is 0.347 e. The topological polar surface area (TPSA) is 75.0 Å². The number of fused-ring (bicyclic) bond motifs is 1. The Hall–Kier alpha value is -2.99. The molecule has 0 aliphatic rings. The molecule has 0 bridgehead atoms. The van der Waals surface area contributed by atoms with Crippen molar-refractivity contribution in [3.05, 3.63) is 57.7 Å². The van der Waals surface area contributed by atoms with Crippen LogP contribution in [0.25, 0.3) is 22.3 Å². The first kappa shape index (κ1) is 19.8. The zero-order valence-electron chi connectivity index (χ0n) is 15.7. The van der Waals surface area contributed by atoms with Crippen LogP contribution in [-0.4, -0.2) is 25.8 Å². The van der Waals surface area contributed by atoms with Crippen molar-refractivity contribution in [2.24, 2.45) is 0 Å². The third-order valence-electron chi connectivity index (χ3n) is 4.08. The number of carbonyl (C=O) groups excluding carboxylic acids is 1. The van der Waals surface area contributed by atoms with Gasteiger partial charge in [0.2, 0.25) is 11.2 Å². The normalized spacial score (nSPS) is 11.9. The molecule has 0 aliphatic heterocycles. The minimum Gasteiger partial charge on any atom is -0.497 e. The molecule has 1 heterocycles. The van der Waals surface area contributed by atoms with Crippen LogP contribution in [0.3, 0.4) is 0 Å². The average molecular weight is 403 g/mol. The molecule has 0 radical (unpaired) electrons. The minimum absolute atomic E-state index is 0.0829. The van der Waals surface area contributed by atoms with Crippen LogP contribution in [0.5, 0.6) is 11.5 Å². The van der Waals surface area contributed by atoms with E-state index in [-0.39, 0.29) is 23.5 Å². The van der Waals surface area contributed by atoms with Crippen LogP contribution in [0, 0.1) is 0 Å². The van der Waals surface area contributed by atoms with Gasteiger partial charge in [-0.05, 0) is 56.3 Å². The Kier molecular flexibility index (Phi) is 5.90. The van der Waals surface area contributed by atoms with Crippen molar-refractivity contribution in [3.63, 3.8) is 0 Å². The van der Waals surface area contributed by atoms with Gasteiger partial charge in [0.1, 0.15) is 11.3 Å². The van der Waals surface area contributed by atoms with E-state index in [0.29, 0.717) is 21.9 Å². The van der Waals surface area contributed by atoms with E-state index in [1.165, 1.54) is 13.0 Å². The van der Waals surface area contributed by atoms with Gasteiger partial charge in [0.25, 0.3) is 0 Å². The molecule has 0 saturated carbocycles. The van der Waals surface area contributed by atoms with E-state index in [9.17, 15) is 9.59 Å². The lowest BCUT2D eigenvalue weighted by Gasteiger charge is -2.16. The molecule has 2 aromatic carbocycles. The second-order valence-electron chi connectivity index (χ2n) is 5.97. The maximum atomic E-state index is 13.1. The van der Waals surface area contributed by atoms with Crippen LogP contribution < -0.4 is 14.9 Å². The first-order valence-corrected chi connectivity index (χ1v) is 9.06. The molecule has 28 heavy (non-hydrogen) atoms. The third kappa shape index (κ3) is 3.97. The van der Waals surface area contributed by atoms with Crippen molar-refractivity contribution in [1.82, 2.24) is 0 Å². The zero-order chi connectivity index (χ0) is 20.3. The molecule has 0 fully saturated rings. The standard InChI is InChI=1S/C21H19ClO6/c1-4-26-21(24)12(2)27-20-18(23)16-11-14(22)7-10-17(16)28-19(20)13-5-8-15(25-3)9-6-13/h5-12H,4H2,1-3H3/t12-/m1/s1. The zero-order valence-corrected chi connectivity index (χ0v) is 16.4. The molecular formula is C21H19ClO6. The Labute approximate surface area is 166 Å². The second kappa shape index (κ2) is 8.35. The van der Waals surface area contributed by atoms with E-state index >= 15 is 0 Å². The van der Waals surface area contributed by atoms with Crippen LogP contribution in [0.1, 0.15) is 13.8 Å². The molecule has 0 N–H and O–H groups in total. The Bertz CT molecular complexity index is 1050. The highest BCUT2D eigenvalue weighted by atomic mass is 35.5. The molecule has 3 rings (SSSR count). The summed E-state index contributed by atoms with van der Waals surface area (Å²) in [7, 11) is 1.56. The van der Waals surface area contributed by atoms with Gasteiger partial charge in [-0.1, -0.05) is 11.6 Å². The third-order valence-corrected chi connectivity index (χ3v) is 4.31. The van der Waals surface area contributed by atoms with Crippen molar-refractivity contribution in [3.8, 4) is 22.8 Å². The lowest BCUT2D eigenvalue weighted by molar-refractivity contribution is -0.150. The number of carbonyl (C=O) groups is 1. The molecule has 1 aromatic heterocycles. The van der Waals surface area contributed by atoms with Crippen molar-refractivity contribution in [1.29, 1.82) is 0 Å².